The van der Waals surface area contributed by atoms with E-state index in [1.54, 1.807) is 12.4 Å². The molecule has 0 aliphatic rings. The first-order valence-corrected chi connectivity index (χ1v) is 5.04. The van der Waals surface area contributed by atoms with Gasteiger partial charge in [0.2, 0.25) is 0 Å². The minimum absolute atomic E-state index is 0.113. The molecule has 84 valence electrons. The van der Waals surface area contributed by atoms with Crippen LogP contribution in [0.4, 0.5) is 0 Å². The fraction of sp³-hybridized carbons (Fsp3) is 0.300. The first kappa shape index (κ1) is 10.4. The Kier molecular flexibility index (Phi) is 3.00. The molecule has 0 saturated heterocycles. The van der Waals surface area contributed by atoms with Crippen LogP contribution >= 0.6 is 0 Å². The van der Waals surface area contributed by atoms with Crippen LogP contribution in [0.3, 0.4) is 0 Å². The van der Waals surface area contributed by atoms with Crippen molar-refractivity contribution in [1.29, 1.82) is 0 Å². The molecule has 0 fully saturated rings. The summed E-state index contributed by atoms with van der Waals surface area (Å²) in [5.74, 6) is 0.752. The van der Waals surface area contributed by atoms with Crippen molar-refractivity contribution in [2.45, 2.75) is 13.3 Å². The van der Waals surface area contributed by atoms with E-state index in [0.717, 1.165) is 11.5 Å². The van der Waals surface area contributed by atoms with Gasteiger partial charge in [-0.1, -0.05) is 0 Å². The van der Waals surface area contributed by atoms with Gasteiger partial charge in [-0.3, -0.25) is 9.89 Å². The van der Waals surface area contributed by atoms with Crippen LogP contribution in [0.25, 0.3) is 0 Å². The number of nitrogens with one attached hydrogen (secondary N) is 3. The van der Waals surface area contributed by atoms with E-state index in [-0.39, 0.29) is 5.91 Å². The molecule has 1 amide bonds. The summed E-state index contributed by atoms with van der Waals surface area (Å²) in [6, 6.07) is 0. The molecule has 0 aromatic carbocycles. The Balaban J connectivity index is 1.83. The molecule has 3 N–H and O–H groups in total. The first-order valence-electron chi connectivity index (χ1n) is 5.04. The fourth-order valence-corrected chi connectivity index (χ4v) is 1.40. The topological polar surface area (TPSA) is 86.5 Å². The van der Waals surface area contributed by atoms with Gasteiger partial charge in [0.15, 0.2) is 0 Å². The van der Waals surface area contributed by atoms with Gasteiger partial charge in [-0.2, -0.15) is 5.10 Å². The summed E-state index contributed by atoms with van der Waals surface area (Å²) in [4.78, 5) is 18.7. The molecule has 0 radical (unpaired) electrons. The third-order valence-electron chi connectivity index (χ3n) is 2.28. The highest BCUT2D eigenvalue weighted by Gasteiger charge is 2.09. The van der Waals surface area contributed by atoms with Crippen molar-refractivity contribution in [2.75, 3.05) is 6.54 Å². The van der Waals surface area contributed by atoms with Crippen LogP contribution in [-0.4, -0.2) is 32.6 Å². The zero-order chi connectivity index (χ0) is 11.4. The molecule has 2 aromatic heterocycles. The van der Waals surface area contributed by atoms with Crippen molar-refractivity contribution in [3.8, 4) is 0 Å². The van der Waals surface area contributed by atoms with Gasteiger partial charge in [-0.25, -0.2) is 4.98 Å². The highest BCUT2D eigenvalue weighted by Crippen LogP contribution is 2.01. The number of carbonyl (C=O) groups is 1. The van der Waals surface area contributed by atoms with Crippen molar-refractivity contribution in [3.63, 3.8) is 0 Å². The number of aromatic amines is 2. The first-order chi connectivity index (χ1) is 7.77. The van der Waals surface area contributed by atoms with E-state index in [0.29, 0.717) is 18.5 Å². The van der Waals surface area contributed by atoms with Gasteiger partial charge >= 0.3 is 0 Å². The predicted molar refractivity (Wildman–Crippen MR) is 57.9 cm³/mol. The van der Waals surface area contributed by atoms with Crippen molar-refractivity contribution >= 4 is 5.91 Å². The number of carbonyl (C=O) groups excluding carboxylic acids is 1. The predicted octanol–water partition coefficient (Wildman–Crippen LogP) is 0.414. The van der Waals surface area contributed by atoms with E-state index in [1.807, 2.05) is 6.92 Å². The molecular formula is C10H13N5O. The molecule has 0 spiro atoms. The van der Waals surface area contributed by atoms with Gasteiger partial charge in [0, 0.05) is 31.1 Å². The fourth-order valence-electron chi connectivity index (χ4n) is 1.40. The number of amides is 1. The van der Waals surface area contributed by atoms with Crippen molar-refractivity contribution in [1.82, 2.24) is 25.5 Å². The van der Waals surface area contributed by atoms with Crippen molar-refractivity contribution < 1.29 is 4.79 Å². The van der Waals surface area contributed by atoms with Crippen molar-refractivity contribution in [2.24, 2.45) is 0 Å². The van der Waals surface area contributed by atoms with Crippen LogP contribution in [0.5, 0.6) is 0 Å². The molecule has 0 aliphatic heterocycles. The maximum Gasteiger partial charge on any atom is 0.254 e. The van der Waals surface area contributed by atoms with Gasteiger partial charge < -0.3 is 10.3 Å². The number of aryl methyl sites for hydroxylation is 1. The molecule has 0 bridgehead atoms. The molecule has 2 aromatic rings. The molecule has 6 nitrogen and oxygen atoms in total. The average molecular weight is 219 g/mol. The van der Waals surface area contributed by atoms with Gasteiger partial charge in [0.1, 0.15) is 5.82 Å². The van der Waals surface area contributed by atoms with Gasteiger partial charge in [0.25, 0.3) is 5.91 Å². The lowest BCUT2D eigenvalue weighted by atomic mass is 10.2. The number of imidazole rings is 1. The lowest BCUT2D eigenvalue weighted by molar-refractivity contribution is 0.0953. The SMILES string of the molecule is Cc1[nH]ncc1C(=O)NCCc1ncc[nH]1. The molecule has 6 heteroatoms. The third kappa shape index (κ3) is 2.28. The normalized spacial score (nSPS) is 10.3. The second-order valence-electron chi connectivity index (χ2n) is 3.45. The maximum atomic E-state index is 11.7. The molecule has 16 heavy (non-hydrogen) atoms. The van der Waals surface area contributed by atoms with E-state index in [1.165, 1.54) is 6.20 Å². The van der Waals surface area contributed by atoms with E-state index < -0.39 is 0 Å². The minimum atomic E-state index is -0.113. The molecule has 2 rings (SSSR count). The Labute approximate surface area is 92.5 Å². The Morgan fingerprint density at radius 3 is 3.06 bits per heavy atom. The standard InChI is InChI=1S/C10H13N5O/c1-7-8(6-14-15-7)10(16)13-3-2-9-11-4-5-12-9/h4-6H,2-3H2,1H3,(H,11,12)(H,13,16)(H,14,15). The number of nitrogens with zero attached hydrogens (tertiary/aromatic N) is 2. The van der Waals surface area contributed by atoms with Gasteiger partial charge in [-0.15, -0.1) is 0 Å². The molecule has 2 heterocycles. The lowest BCUT2D eigenvalue weighted by Crippen LogP contribution is -2.26. The highest BCUT2D eigenvalue weighted by molar-refractivity contribution is 5.94. The van der Waals surface area contributed by atoms with Gasteiger partial charge in [-0.05, 0) is 6.92 Å². The van der Waals surface area contributed by atoms with Crippen LogP contribution in [0.15, 0.2) is 18.6 Å². The number of H-pyrrole nitrogens is 2. The van der Waals surface area contributed by atoms with E-state index >= 15 is 0 Å². The van der Waals surface area contributed by atoms with E-state index in [4.69, 9.17) is 0 Å². The average Bonchev–Trinajstić information content (AvgIpc) is 2.88. The summed E-state index contributed by atoms with van der Waals surface area (Å²) >= 11 is 0. The van der Waals surface area contributed by atoms with Crippen LogP contribution in [0.2, 0.25) is 0 Å². The molecule has 0 unspecified atom stereocenters. The number of hydrogen-bond donors (Lipinski definition) is 3. The Morgan fingerprint density at radius 2 is 2.44 bits per heavy atom. The Hall–Kier alpha value is -2.11. The number of aromatic nitrogens is 4. The second kappa shape index (κ2) is 4.61. The lowest BCUT2D eigenvalue weighted by Gasteiger charge is -2.02. The molecule has 0 saturated carbocycles. The van der Waals surface area contributed by atoms with Crippen LogP contribution < -0.4 is 5.32 Å². The zero-order valence-corrected chi connectivity index (χ0v) is 8.95. The minimum Gasteiger partial charge on any atom is -0.351 e. The monoisotopic (exact) mass is 219 g/mol. The van der Waals surface area contributed by atoms with Gasteiger partial charge in [0.05, 0.1) is 11.8 Å². The number of rotatable bonds is 4. The summed E-state index contributed by atoms with van der Waals surface area (Å²) in [6.07, 6.45) is 5.67. The summed E-state index contributed by atoms with van der Waals surface area (Å²) in [6.45, 7) is 2.37. The highest BCUT2D eigenvalue weighted by atomic mass is 16.1. The quantitative estimate of drug-likeness (QED) is 0.696. The zero-order valence-electron chi connectivity index (χ0n) is 8.95. The molecule has 0 aliphatic carbocycles. The largest absolute Gasteiger partial charge is 0.351 e. The summed E-state index contributed by atoms with van der Waals surface area (Å²) in [7, 11) is 0. The summed E-state index contributed by atoms with van der Waals surface area (Å²) in [5, 5.41) is 9.33. The third-order valence-corrected chi connectivity index (χ3v) is 2.28. The molecule has 0 atom stereocenters. The van der Waals surface area contributed by atoms with E-state index in [2.05, 4.69) is 25.5 Å². The van der Waals surface area contributed by atoms with E-state index in [9.17, 15) is 4.79 Å². The van der Waals surface area contributed by atoms with Crippen LogP contribution in [0.1, 0.15) is 21.9 Å². The van der Waals surface area contributed by atoms with Crippen LogP contribution in [0, 0.1) is 6.92 Å². The molecular weight excluding hydrogens is 206 g/mol. The van der Waals surface area contributed by atoms with Crippen molar-refractivity contribution in [3.05, 3.63) is 35.7 Å². The summed E-state index contributed by atoms with van der Waals surface area (Å²) in [5.41, 5.74) is 1.36. The van der Waals surface area contributed by atoms with Crippen LogP contribution in [-0.2, 0) is 6.42 Å². The summed E-state index contributed by atoms with van der Waals surface area (Å²) < 4.78 is 0. The smallest absolute Gasteiger partial charge is 0.254 e. The Morgan fingerprint density at radius 1 is 1.56 bits per heavy atom. The Bertz CT molecular complexity index is 459. The maximum absolute atomic E-state index is 11.7. The second-order valence-corrected chi connectivity index (χ2v) is 3.45. The number of hydrogen-bond acceptors (Lipinski definition) is 3.